The number of carbonyl (C=O) groups excluding carboxylic acids is 2. The highest BCUT2D eigenvalue weighted by molar-refractivity contribution is 5.85. The second kappa shape index (κ2) is 9.73. The molecule has 0 bridgehead atoms. The zero-order valence-electron chi connectivity index (χ0n) is 15.3. The number of rotatable bonds is 4. The number of anilines is 1. The summed E-state index contributed by atoms with van der Waals surface area (Å²) in [6, 6.07) is 6.19. The van der Waals surface area contributed by atoms with Crippen molar-refractivity contribution >= 4 is 30.0 Å². The molecule has 7 nitrogen and oxygen atoms in total. The molecule has 26 heavy (non-hydrogen) atoms. The Labute approximate surface area is 161 Å². The maximum atomic E-state index is 12.4. The molecular formula is C18H28ClN5O2. The average molecular weight is 382 g/mol. The molecule has 8 heteroatoms. The van der Waals surface area contributed by atoms with Crippen LogP contribution in [0.2, 0.25) is 0 Å². The van der Waals surface area contributed by atoms with E-state index in [4.69, 9.17) is 0 Å². The fourth-order valence-electron chi connectivity index (χ4n) is 3.41. The molecule has 2 saturated heterocycles. The highest BCUT2D eigenvalue weighted by Crippen LogP contribution is 2.13. The zero-order valence-corrected chi connectivity index (χ0v) is 16.1. The van der Waals surface area contributed by atoms with Gasteiger partial charge in [-0.2, -0.15) is 0 Å². The van der Waals surface area contributed by atoms with Gasteiger partial charge in [-0.3, -0.25) is 9.59 Å². The van der Waals surface area contributed by atoms with Crippen molar-refractivity contribution in [3.63, 3.8) is 0 Å². The summed E-state index contributed by atoms with van der Waals surface area (Å²) in [4.78, 5) is 35.0. The maximum Gasteiger partial charge on any atom is 0.223 e. The first-order valence-corrected chi connectivity index (χ1v) is 9.08. The number of halogens is 1. The van der Waals surface area contributed by atoms with Crippen LogP contribution in [0.15, 0.2) is 24.4 Å². The lowest BCUT2D eigenvalue weighted by Crippen LogP contribution is -2.51. The van der Waals surface area contributed by atoms with Crippen molar-refractivity contribution in [2.75, 3.05) is 50.7 Å². The van der Waals surface area contributed by atoms with Gasteiger partial charge in [-0.1, -0.05) is 6.07 Å². The first-order chi connectivity index (χ1) is 12.1. The number of pyridine rings is 1. The van der Waals surface area contributed by atoms with Gasteiger partial charge in [0.2, 0.25) is 11.8 Å². The minimum atomic E-state index is 0. The highest BCUT2D eigenvalue weighted by Gasteiger charge is 2.24. The van der Waals surface area contributed by atoms with Gasteiger partial charge < -0.3 is 20.0 Å². The van der Waals surface area contributed by atoms with E-state index < -0.39 is 0 Å². The van der Waals surface area contributed by atoms with Crippen molar-refractivity contribution in [2.24, 2.45) is 0 Å². The summed E-state index contributed by atoms with van der Waals surface area (Å²) >= 11 is 0. The molecule has 1 aromatic heterocycles. The van der Waals surface area contributed by atoms with Crippen molar-refractivity contribution in [1.82, 2.24) is 20.1 Å². The summed E-state index contributed by atoms with van der Waals surface area (Å²) in [5.41, 5.74) is 0. The van der Waals surface area contributed by atoms with Crippen LogP contribution in [0.1, 0.15) is 19.8 Å². The largest absolute Gasteiger partial charge is 0.353 e. The Bertz CT molecular complexity index is 593. The molecule has 1 N–H and O–H groups in total. The van der Waals surface area contributed by atoms with Crippen molar-refractivity contribution in [3.05, 3.63) is 24.4 Å². The smallest absolute Gasteiger partial charge is 0.223 e. The minimum Gasteiger partial charge on any atom is -0.353 e. The van der Waals surface area contributed by atoms with Gasteiger partial charge in [0.05, 0.1) is 0 Å². The Morgan fingerprint density at radius 1 is 1.08 bits per heavy atom. The van der Waals surface area contributed by atoms with Gasteiger partial charge in [0, 0.05) is 70.9 Å². The molecule has 2 amide bonds. The number of aromatic nitrogens is 1. The molecule has 2 aliphatic heterocycles. The Morgan fingerprint density at radius 2 is 1.77 bits per heavy atom. The summed E-state index contributed by atoms with van der Waals surface area (Å²) in [5, 5.41) is 3.32. The SMILES string of the molecule is C[C@@H]1CN(C(=O)CCC(=O)N2CCN(c3ccccn3)CC2)CCN1.Cl. The summed E-state index contributed by atoms with van der Waals surface area (Å²) in [7, 11) is 0. The van der Waals surface area contributed by atoms with Crippen LogP contribution in [-0.2, 0) is 9.59 Å². The summed E-state index contributed by atoms with van der Waals surface area (Å²) < 4.78 is 0. The molecule has 2 fully saturated rings. The van der Waals surface area contributed by atoms with E-state index in [0.29, 0.717) is 32.0 Å². The molecule has 0 aliphatic carbocycles. The summed E-state index contributed by atoms with van der Waals surface area (Å²) in [6.45, 7) is 7.32. The molecule has 3 rings (SSSR count). The van der Waals surface area contributed by atoms with Crippen LogP contribution in [0.3, 0.4) is 0 Å². The van der Waals surface area contributed by atoms with Crippen LogP contribution in [0, 0.1) is 0 Å². The third-order valence-electron chi connectivity index (χ3n) is 4.88. The molecule has 0 saturated carbocycles. The number of piperazine rings is 2. The molecule has 1 atom stereocenters. The number of carbonyl (C=O) groups is 2. The average Bonchev–Trinajstić information content (AvgIpc) is 2.66. The second-order valence-electron chi connectivity index (χ2n) is 6.75. The summed E-state index contributed by atoms with van der Waals surface area (Å²) in [6.07, 6.45) is 2.40. The molecule has 0 radical (unpaired) electrons. The molecule has 0 spiro atoms. The van der Waals surface area contributed by atoms with Crippen LogP contribution in [0.5, 0.6) is 0 Å². The molecule has 2 aliphatic rings. The standard InChI is InChI=1S/C18H27N5O2.ClH/c1-15-14-23(9-8-19-15)18(25)6-5-17(24)22-12-10-21(11-13-22)16-4-2-3-7-20-16;/h2-4,7,15,19H,5-6,8-14H2,1H3;1H/t15-;/m1./s1. The fraction of sp³-hybridized carbons (Fsp3) is 0.611. The third-order valence-corrected chi connectivity index (χ3v) is 4.88. The van der Waals surface area contributed by atoms with Crippen LogP contribution >= 0.6 is 12.4 Å². The number of nitrogens with zero attached hydrogens (tertiary/aromatic N) is 4. The van der Waals surface area contributed by atoms with Crippen LogP contribution in [0.25, 0.3) is 0 Å². The van der Waals surface area contributed by atoms with Crippen molar-refractivity contribution in [3.8, 4) is 0 Å². The molecule has 3 heterocycles. The molecule has 0 unspecified atom stereocenters. The van der Waals surface area contributed by atoms with Gasteiger partial charge in [-0.15, -0.1) is 12.4 Å². The minimum absolute atomic E-state index is 0. The van der Waals surface area contributed by atoms with Crippen molar-refractivity contribution in [1.29, 1.82) is 0 Å². The van der Waals surface area contributed by atoms with E-state index in [1.165, 1.54) is 0 Å². The molecule has 1 aromatic rings. The Hall–Kier alpha value is -1.86. The van der Waals surface area contributed by atoms with Gasteiger partial charge in [0.1, 0.15) is 5.82 Å². The van der Waals surface area contributed by atoms with E-state index >= 15 is 0 Å². The fourth-order valence-corrected chi connectivity index (χ4v) is 3.41. The molecule has 144 valence electrons. The van der Waals surface area contributed by atoms with E-state index in [1.807, 2.05) is 28.0 Å². The number of hydrogen-bond donors (Lipinski definition) is 1. The van der Waals surface area contributed by atoms with E-state index in [9.17, 15) is 9.59 Å². The lowest BCUT2D eigenvalue weighted by molar-refractivity contribution is -0.137. The summed E-state index contributed by atoms with van der Waals surface area (Å²) in [5.74, 6) is 1.13. The lowest BCUT2D eigenvalue weighted by Gasteiger charge is -2.35. The van der Waals surface area contributed by atoms with Crippen molar-refractivity contribution < 1.29 is 9.59 Å². The molecular weight excluding hydrogens is 354 g/mol. The van der Waals surface area contributed by atoms with E-state index in [-0.39, 0.29) is 24.2 Å². The molecule has 0 aromatic carbocycles. The van der Waals surface area contributed by atoms with Crippen LogP contribution in [0.4, 0.5) is 5.82 Å². The maximum absolute atomic E-state index is 12.4. The third kappa shape index (κ3) is 5.32. The first kappa shape index (κ1) is 20.5. The number of hydrogen-bond acceptors (Lipinski definition) is 5. The lowest BCUT2D eigenvalue weighted by atomic mass is 10.2. The second-order valence-corrected chi connectivity index (χ2v) is 6.75. The Kier molecular flexibility index (Phi) is 7.66. The quantitative estimate of drug-likeness (QED) is 0.833. The highest BCUT2D eigenvalue weighted by atomic mass is 35.5. The van der Waals surface area contributed by atoms with Crippen LogP contribution < -0.4 is 10.2 Å². The predicted molar refractivity (Wildman–Crippen MR) is 104 cm³/mol. The van der Waals surface area contributed by atoms with E-state index in [2.05, 4.69) is 22.1 Å². The van der Waals surface area contributed by atoms with Gasteiger partial charge in [0.25, 0.3) is 0 Å². The van der Waals surface area contributed by atoms with E-state index in [0.717, 1.165) is 38.5 Å². The van der Waals surface area contributed by atoms with Gasteiger partial charge in [0.15, 0.2) is 0 Å². The number of nitrogens with one attached hydrogen (secondary N) is 1. The predicted octanol–water partition coefficient (Wildman–Crippen LogP) is 0.753. The zero-order chi connectivity index (χ0) is 17.6. The van der Waals surface area contributed by atoms with Gasteiger partial charge in [-0.05, 0) is 19.1 Å². The first-order valence-electron chi connectivity index (χ1n) is 9.08. The number of amides is 2. The van der Waals surface area contributed by atoms with Crippen molar-refractivity contribution in [2.45, 2.75) is 25.8 Å². The van der Waals surface area contributed by atoms with E-state index in [1.54, 1.807) is 6.20 Å². The van der Waals surface area contributed by atoms with Gasteiger partial charge in [-0.25, -0.2) is 4.98 Å². The normalized spacial score (nSPS) is 20.5. The monoisotopic (exact) mass is 381 g/mol. The van der Waals surface area contributed by atoms with Crippen LogP contribution in [-0.4, -0.2) is 78.5 Å². The van der Waals surface area contributed by atoms with Gasteiger partial charge >= 0.3 is 0 Å². The Balaban J connectivity index is 0.00000243. The topological polar surface area (TPSA) is 68.8 Å². The Morgan fingerprint density at radius 3 is 2.38 bits per heavy atom.